The van der Waals surface area contributed by atoms with Crippen molar-refractivity contribution in [1.29, 1.82) is 0 Å². The van der Waals surface area contributed by atoms with Gasteiger partial charge in [-0.3, -0.25) is 0 Å². The van der Waals surface area contributed by atoms with Crippen LogP contribution in [0, 0.1) is 5.82 Å². The van der Waals surface area contributed by atoms with E-state index in [1.165, 1.54) is 0 Å². The summed E-state index contributed by atoms with van der Waals surface area (Å²) in [5, 5.41) is 0. The number of sulfonamides is 1. The van der Waals surface area contributed by atoms with Crippen LogP contribution in [0.15, 0.2) is 23.1 Å². The van der Waals surface area contributed by atoms with Gasteiger partial charge in [0.05, 0.1) is 5.69 Å². The molecule has 0 aliphatic heterocycles. The van der Waals surface area contributed by atoms with Crippen molar-refractivity contribution in [3.05, 3.63) is 24.0 Å². The maximum atomic E-state index is 12.8. The average molecular weight is 314 g/mol. The molecule has 114 valence electrons. The number of unbranched alkanes of at least 4 members (excludes halogenated alkanes) is 1. The highest BCUT2D eigenvalue weighted by Gasteiger charge is 2.26. The van der Waals surface area contributed by atoms with Crippen LogP contribution in [0.4, 0.5) is 23.2 Å². The Hall–Kier alpha value is -1.35. The lowest BCUT2D eigenvalue weighted by Crippen LogP contribution is -2.26. The van der Waals surface area contributed by atoms with E-state index in [4.69, 9.17) is 5.73 Å². The second kappa shape index (κ2) is 6.40. The van der Waals surface area contributed by atoms with Gasteiger partial charge in [-0.05, 0) is 31.0 Å². The highest BCUT2D eigenvalue weighted by Crippen LogP contribution is 2.22. The summed E-state index contributed by atoms with van der Waals surface area (Å²) in [5.74, 6) is -0.674. The van der Waals surface area contributed by atoms with E-state index in [0.29, 0.717) is 0 Å². The number of nitrogen functional groups attached to an aromatic ring is 1. The second-order valence-corrected chi connectivity index (χ2v) is 5.89. The molecular formula is C11H14F4N2O2S. The molecule has 1 aromatic carbocycles. The van der Waals surface area contributed by atoms with E-state index in [2.05, 4.69) is 4.72 Å². The molecule has 0 aliphatic carbocycles. The molecule has 0 saturated heterocycles. The maximum Gasteiger partial charge on any atom is 0.389 e. The van der Waals surface area contributed by atoms with Gasteiger partial charge in [0.1, 0.15) is 10.7 Å². The van der Waals surface area contributed by atoms with E-state index < -0.39 is 28.4 Å². The Morgan fingerprint density at radius 2 is 1.85 bits per heavy atom. The number of benzene rings is 1. The van der Waals surface area contributed by atoms with Gasteiger partial charge in [-0.2, -0.15) is 13.2 Å². The van der Waals surface area contributed by atoms with Gasteiger partial charge in [0, 0.05) is 13.0 Å². The minimum atomic E-state index is -4.25. The third-order valence-corrected chi connectivity index (χ3v) is 3.98. The van der Waals surface area contributed by atoms with E-state index >= 15 is 0 Å². The van der Waals surface area contributed by atoms with Crippen LogP contribution in [0.25, 0.3) is 0 Å². The van der Waals surface area contributed by atoms with Crippen molar-refractivity contribution in [3.8, 4) is 0 Å². The molecule has 3 N–H and O–H groups in total. The number of nitrogens with two attached hydrogens (primary N) is 1. The lowest BCUT2D eigenvalue weighted by Gasteiger charge is -2.09. The molecule has 1 rings (SSSR count). The molecule has 9 heteroatoms. The Labute approximate surface area is 114 Å². The highest BCUT2D eigenvalue weighted by molar-refractivity contribution is 7.89. The topological polar surface area (TPSA) is 72.2 Å². The van der Waals surface area contributed by atoms with Crippen LogP contribution in [-0.2, 0) is 10.0 Å². The molecule has 0 unspecified atom stereocenters. The first-order chi connectivity index (χ1) is 9.12. The van der Waals surface area contributed by atoms with Crippen LogP contribution >= 0.6 is 0 Å². The van der Waals surface area contributed by atoms with Crippen molar-refractivity contribution < 1.29 is 26.0 Å². The molecular weight excluding hydrogens is 300 g/mol. The Morgan fingerprint density at radius 1 is 1.20 bits per heavy atom. The predicted octanol–water partition coefficient (Wildman–Crippen LogP) is 2.42. The molecule has 0 saturated carbocycles. The molecule has 0 spiro atoms. The molecule has 4 nitrogen and oxygen atoms in total. The maximum absolute atomic E-state index is 12.8. The van der Waals surface area contributed by atoms with Crippen LogP contribution in [0.3, 0.4) is 0 Å². The van der Waals surface area contributed by atoms with Crippen LogP contribution in [-0.4, -0.2) is 21.1 Å². The first-order valence-electron chi connectivity index (χ1n) is 5.73. The number of alkyl halides is 3. The highest BCUT2D eigenvalue weighted by atomic mass is 32.2. The fourth-order valence-electron chi connectivity index (χ4n) is 1.50. The van der Waals surface area contributed by atoms with Crippen molar-refractivity contribution in [2.75, 3.05) is 12.3 Å². The van der Waals surface area contributed by atoms with Crippen LogP contribution in [0.5, 0.6) is 0 Å². The van der Waals surface area contributed by atoms with E-state index in [0.717, 1.165) is 18.2 Å². The zero-order valence-corrected chi connectivity index (χ0v) is 11.2. The Balaban J connectivity index is 2.54. The Kier molecular flexibility index (Phi) is 5.35. The number of anilines is 1. The molecule has 0 bridgehead atoms. The number of halogens is 4. The Bertz CT molecular complexity index is 558. The third kappa shape index (κ3) is 5.33. The van der Waals surface area contributed by atoms with E-state index in [-0.39, 0.29) is 30.0 Å². The van der Waals surface area contributed by atoms with Crippen molar-refractivity contribution in [2.45, 2.75) is 30.3 Å². The smallest absolute Gasteiger partial charge is 0.389 e. The van der Waals surface area contributed by atoms with Crippen molar-refractivity contribution in [1.82, 2.24) is 4.72 Å². The molecule has 0 heterocycles. The van der Waals surface area contributed by atoms with Gasteiger partial charge in [-0.1, -0.05) is 0 Å². The molecule has 1 aromatic rings. The summed E-state index contributed by atoms with van der Waals surface area (Å²) in [5.41, 5.74) is 5.13. The monoisotopic (exact) mass is 314 g/mol. The Morgan fingerprint density at radius 3 is 2.40 bits per heavy atom. The first-order valence-corrected chi connectivity index (χ1v) is 7.21. The lowest BCUT2D eigenvalue weighted by molar-refractivity contribution is -0.135. The molecule has 0 aromatic heterocycles. The number of rotatable bonds is 6. The minimum Gasteiger partial charge on any atom is -0.398 e. The van der Waals surface area contributed by atoms with E-state index in [1.54, 1.807) is 0 Å². The molecule has 0 atom stereocenters. The SMILES string of the molecule is Nc1cc(F)ccc1S(=O)(=O)NCCCCC(F)(F)F. The van der Waals surface area contributed by atoms with Crippen LogP contribution in [0.1, 0.15) is 19.3 Å². The molecule has 0 amide bonds. The largest absolute Gasteiger partial charge is 0.398 e. The van der Waals surface area contributed by atoms with Crippen molar-refractivity contribution in [2.24, 2.45) is 0 Å². The third-order valence-electron chi connectivity index (χ3n) is 2.44. The summed E-state index contributed by atoms with van der Waals surface area (Å²) in [6.07, 6.45) is -5.35. The normalized spacial score (nSPS) is 12.6. The van der Waals surface area contributed by atoms with Crippen molar-refractivity contribution >= 4 is 15.7 Å². The van der Waals surface area contributed by atoms with Gasteiger partial charge in [-0.15, -0.1) is 0 Å². The fourth-order valence-corrected chi connectivity index (χ4v) is 2.68. The minimum absolute atomic E-state index is 0.0415. The van der Waals surface area contributed by atoms with Gasteiger partial charge < -0.3 is 5.73 Å². The summed E-state index contributed by atoms with van der Waals surface area (Å²) < 4.78 is 74.1. The molecule has 20 heavy (non-hydrogen) atoms. The lowest BCUT2D eigenvalue weighted by atomic mass is 10.2. The standard InChI is InChI=1S/C11H14F4N2O2S/c12-8-3-4-10(9(16)7-8)20(18,19)17-6-2-1-5-11(13,14)15/h3-4,7,17H,1-2,5-6,16H2. The van der Waals surface area contributed by atoms with E-state index in [9.17, 15) is 26.0 Å². The number of nitrogens with one attached hydrogen (secondary N) is 1. The van der Waals surface area contributed by atoms with Gasteiger partial charge in [0.15, 0.2) is 0 Å². The number of hydrogen-bond donors (Lipinski definition) is 2. The number of hydrogen-bond acceptors (Lipinski definition) is 3. The zero-order valence-electron chi connectivity index (χ0n) is 10.4. The summed E-state index contributed by atoms with van der Waals surface area (Å²) >= 11 is 0. The molecule has 0 aliphatic rings. The summed E-state index contributed by atoms with van der Waals surface area (Å²) in [6.45, 7) is -0.144. The second-order valence-electron chi connectivity index (χ2n) is 4.15. The quantitative estimate of drug-likeness (QED) is 0.481. The predicted molar refractivity (Wildman–Crippen MR) is 65.9 cm³/mol. The molecule has 0 fully saturated rings. The van der Waals surface area contributed by atoms with Crippen LogP contribution in [0.2, 0.25) is 0 Å². The average Bonchev–Trinajstić information content (AvgIpc) is 2.26. The van der Waals surface area contributed by atoms with Gasteiger partial charge in [0.25, 0.3) is 0 Å². The van der Waals surface area contributed by atoms with Crippen molar-refractivity contribution in [3.63, 3.8) is 0 Å². The summed E-state index contributed by atoms with van der Waals surface area (Å²) in [4.78, 5) is -0.297. The van der Waals surface area contributed by atoms with Gasteiger partial charge >= 0.3 is 6.18 Å². The molecule has 0 radical (unpaired) electrons. The summed E-state index contributed by atoms with van der Waals surface area (Å²) in [6, 6.07) is 2.80. The fraction of sp³-hybridized carbons (Fsp3) is 0.455. The first kappa shape index (κ1) is 16.7. The van der Waals surface area contributed by atoms with Gasteiger partial charge in [0.2, 0.25) is 10.0 Å². The zero-order chi connectivity index (χ0) is 15.4. The van der Waals surface area contributed by atoms with Crippen LogP contribution < -0.4 is 10.5 Å². The van der Waals surface area contributed by atoms with Gasteiger partial charge in [-0.25, -0.2) is 17.5 Å². The van der Waals surface area contributed by atoms with E-state index in [1.807, 2.05) is 0 Å². The summed E-state index contributed by atoms with van der Waals surface area (Å²) in [7, 11) is -3.95.